The first-order valence-corrected chi connectivity index (χ1v) is 18.7. The van der Waals surface area contributed by atoms with Gasteiger partial charge < -0.3 is 24.2 Å². The van der Waals surface area contributed by atoms with E-state index in [1.54, 1.807) is 65.6 Å². The number of anilines is 1. The van der Waals surface area contributed by atoms with E-state index in [0.717, 1.165) is 11.8 Å². The van der Waals surface area contributed by atoms with Crippen LogP contribution in [-0.4, -0.2) is 68.2 Å². The maximum atomic E-state index is 13.8. The molecule has 13 heteroatoms. The molecule has 1 heterocycles. The first-order chi connectivity index (χ1) is 25.0. The van der Waals surface area contributed by atoms with Gasteiger partial charge in [0.1, 0.15) is 35.0 Å². The summed E-state index contributed by atoms with van der Waals surface area (Å²) in [5.41, 5.74) is 1.16. The number of nitrogens with zero attached hydrogens (tertiary/aromatic N) is 1. The fourth-order valence-electron chi connectivity index (χ4n) is 5.62. The van der Waals surface area contributed by atoms with Crippen molar-refractivity contribution < 1.29 is 51.3 Å². The molecule has 0 unspecified atom stereocenters. The number of hydrogen-bond donors (Lipinski definition) is 1. The van der Waals surface area contributed by atoms with Gasteiger partial charge in [0.25, 0.3) is 0 Å². The van der Waals surface area contributed by atoms with Gasteiger partial charge in [-0.1, -0.05) is 47.9 Å². The van der Waals surface area contributed by atoms with Crippen LogP contribution in [0.1, 0.15) is 74.4 Å². The fraction of sp³-hybridized carbons (Fsp3) is 0.350. The summed E-state index contributed by atoms with van der Waals surface area (Å²) in [4.78, 5) is 50.1. The van der Waals surface area contributed by atoms with Gasteiger partial charge in [-0.05, 0) is 72.5 Å². The summed E-state index contributed by atoms with van der Waals surface area (Å²) < 4.78 is 51.9. The highest BCUT2D eigenvalue weighted by molar-refractivity contribution is 7.90. The molecule has 1 aliphatic rings. The predicted octanol–water partition coefficient (Wildman–Crippen LogP) is 4.61. The number of hydrogen-bond acceptors (Lipinski definition) is 10. The van der Waals surface area contributed by atoms with Crippen molar-refractivity contribution in [1.29, 1.82) is 0 Å². The van der Waals surface area contributed by atoms with E-state index >= 15 is 0 Å². The van der Waals surface area contributed by atoms with Gasteiger partial charge in [-0.25, -0.2) is 12.8 Å². The van der Waals surface area contributed by atoms with Crippen LogP contribution in [-0.2, 0) is 43.2 Å². The number of carbonyl (C=O) groups excluding carboxylic acids is 4. The van der Waals surface area contributed by atoms with Crippen LogP contribution in [0.15, 0.2) is 72.8 Å². The Kier molecular flexibility index (Phi) is 13.5. The minimum Gasteiger partial charge on any atom is -0.462 e. The van der Waals surface area contributed by atoms with E-state index in [9.17, 15) is 37.1 Å². The third kappa shape index (κ3) is 12.0. The molecule has 3 aromatic rings. The van der Waals surface area contributed by atoms with Crippen molar-refractivity contribution >= 4 is 39.3 Å². The fourth-order valence-corrected chi connectivity index (χ4v) is 6.09. The van der Waals surface area contributed by atoms with E-state index in [0.29, 0.717) is 35.2 Å². The number of halogens is 1. The Balaban J connectivity index is 1.61. The lowest BCUT2D eigenvalue weighted by atomic mass is 9.78. The van der Waals surface area contributed by atoms with E-state index in [1.165, 1.54) is 32.9 Å². The zero-order valence-corrected chi connectivity index (χ0v) is 30.6. The summed E-state index contributed by atoms with van der Waals surface area (Å²) in [7, 11) is -3.13. The Hall–Kier alpha value is -5.50. The van der Waals surface area contributed by atoms with Crippen molar-refractivity contribution in [3.63, 3.8) is 0 Å². The number of esters is 3. The summed E-state index contributed by atoms with van der Waals surface area (Å²) in [6, 6.07) is 19.2. The number of amides is 1. The minimum atomic E-state index is -3.13. The molecule has 53 heavy (non-hydrogen) atoms. The van der Waals surface area contributed by atoms with Gasteiger partial charge in [-0.2, -0.15) is 0 Å². The standard InChI is InChI=1S/C40H40FNO10S/c1-27(43)50-25-40(47,26-51-28(2)44)23-22-31-8-12-33(13-9-31)38-36(20-21-37(52-29(3)45)32-14-16-34(41)17-15-32)39(46)42(38)35-18-10-30(11-19-35)7-5-6-24-53(4,48)49/h8-19,36-38,47H,6,20-21,24-26H2,1-4H3/t36-,37+,38-/m1/s1. The molecule has 1 fully saturated rings. The largest absolute Gasteiger partial charge is 0.462 e. The number of β-lactam (4-membered cyclic amide) rings is 1. The Labute approximate surface area is 308 Å². The highest BCUT2D eigenvalue weighted by Crippen LogP contribution is 2.46. The van der Waals surface area contributed by atoms with Crippen LogP contribution in [0.2, 0.25) is 0 Å². The molecule has 11 nitrogen and oxygen atoms in total. The first kappa shape index (κ1) is 40.3. The van der Waals surface area contributed by atoms with Crippen molar-refractivity contribution in [3.8, 4) is 23.7 Å². The number of carbonyl (C=O) groups is 4. The summed E-state index contributed by atoms with van der Waals surface area (Å²) >= 11 is 0. The molecule has 3 aromatic carbocycles. The van der Waals surface area contributed by atoms with Crippen molar-refractivity contribution in [2.75, 3.05) is 30.1 Å². The second kappa shape index (κ2) is 17.8. The third-order valence-electron chi connectivity index (χ3n) is 8.20. The van der Waals surface area contributed by atoms with Crippen molar-refractivity contribution in [1.82, 2.24) is 0 Å². The molecule has 0 saturated carbocycles. The second-order valence-electron chi connectivity index (χ2n) is 12.7. The Morgan fingerprint density at radius 2 is 1.43 bits per heavy atom. The van der Waals surface area contributed by atoms with Crippen LogP contribution in [0.4, 0.5) is 10.1 Å². The molecule has 0 radical (unpaired) electrons. The van der Waals surface area contributed by atoms with Crippen molar-refractivity contribution in [3.05, 3.63) is 101 Å². The zero-order chi connectivity index (χ0) is 38.8. The SMILES string of the molecule is CC(=O)OCC(O)(C#Cc1ccc([C@@H]2[C@@H](CC[C@H](OC(C)=O)c3ccc(F)cc3)C(=O)N2c2ccc(C#CCCS(C)(=O)=O)cc2)cc1)COC(C)=O. The highest BCUT2D eigenvalue weighted by atomic mass is 32.2. The lowest BCUT2D eigenvalue weighted by Gasteiger charge is -2.48. The third-order valence-corrected chi connectivity index (χ3v) is 9.15. The van der Waals surface area contributed by atoms with E-state index in [2.05, 4.69) is 23.7 Å². The van der Waals surface area contributed by atoms with Gasteiger partial charge in [-0.15, -0.1) is 0 Å². The monoisotopic (exact) mass is 745 g/mol. The van der Waals surface area contributed by atoms with Crippen LogP contribution in [0.5, 0.6) is 0 Å². The Morgan fingerprint density at radius 3 is 1.98 bits per heavy atom. The van der Waals surface area contributed by atoms with Crippen LogP contribution in [0.3, 0.4) is 0 Å². The van der Waals surface area contributed by atoms with E-state index in [-0.39, 0.29) is 18.1 Å². The van der Waals surface area contributed by atoms with Crippen molar-refractivity contribution in [2.24, 2.45) is 5.92 Å². The molecular weight excluding hydrogens is 706 g/mol. The van der Waals surface area contributed by atoms with Crippen molar-refractivity contribution in [2.45, 2.75) is 57.8 Å². The molecule has 278 valence electrons. The average molecular weight is 746 g/mol. The average Bonchev–Trinajstić information content (AvgIpc) is 3.10. The number of sulfone groups is 1. The number of rotatable bonds is 13. The highest BCUT2D eigenvalue weighted by Gasteiger charge is 2.48. The van der Waals surface area contributed by atoms with Gasteiger partial charge >= 0.3 is 17.9 Å². The lowest BCUT2D eigenvalue weighted by Crippen LogP contribution is -2.55. The molecule has 0 aromatic heterocycles. The predicted molar refractivity (Wildman–Crippen MR) is 193 cm³/mol. The van der Waals surface area contributed by atoms with Gasteiger partial charge in [0, 0.05) is 50.3 Å². The minimum absolute atomic E-state index is 0.0449. The summed E-state index contributed by atoms with van der Waals surface area (Å²) in [5.74, 6) is 8.30. The molecule has 0 aliphatic carbocycles. The Bertz CT molecular complexity index is 2020. The summed E-state index contributed by atoms with van der Waals surface area (Å²) in [6.07, 6.45) is 1.27. The molecule has 0 bridgehead atoms. The number of benzene rings is 3. The maximum absolute atomic E-state index is 13.8. The topological polar surface area (TPSA) is 154 Å². The molecule has 1 N–H and O–H groups in total. The summed E-state index contributed by atoms with van der Waals surface area (Å²) in [6.45, 7) is 2.60. The van der Waals surface area contributed by atoms with Crippen LogP contribution >= 0.6 is 0 Å². The van der Waals surface area contributed by atoms with Gasteiger partial charge in [0.2, 0.25) is 5.91 Å². The van der Waals surface area contributed by atoms with Gasteiger partial charge in [0.15, 0.2) is 5.60 Å². The van der Waals surface area contributed by atoms with Crippen LogP contribution in [0.25, 0.3) is 0 Å². The quantitative estimate of drug-likeness (QED) is 0.114. The molecular formula is C40H40FNO10S. The van der Waals surface area contributed by atoms with E-state index < -0.39 is 70.4 Å². The zero-order valence-electron chi connectivity index (χ0n) is 29.8. The maximum Gasteiger partial charge on any atom is 0.303 e. The number of aliphatic hydroxyl groups is 1. The van der Waals surface area contributed by atoms with Gasteiger partial charge in [-0.3, -0.25) is 19.2 Å². The molecule has 0 spiro atoms. The first-order valence-electron chi connectivity index (χ1n) is 16.7. The molecule has 1 saturated heterocycles. The lowest BCUT2D eigenvalue weighted by molar-refractivity contribution is -0.154. The Morgan fingerprint density at radius 1 is 0.868 bits per heavy atom. The summed E-state index contributed by atoms with van der Waals surface area (Å²) in [5, 5.41) is 10.9. The molecule has 1 amide bonds. The molecule has 4 rings (SSSR count). The van der Waals surface area contributed by atoms with Crippen LogP contribution < -0.4 is 4.90 Å². The molecule has 1 aliphatic heterocycles. The normalized spacial score (nSPS) is 15.8. The number of ether oxygens (including phenoxy) is 3. The van der Waals surface area contributed by atoms with E-state index in [1.807, 2.05) is 0 Å². The van der Waals surface area contributed by atoms with Gasteiger partial charge in [0.05, 0.1) is 17.7 Å². The van der Waals surface area contributed by atoms with E-state index in [4.69, 9.17) is 14.2 Å². The van der Waals surface area contributed by atoms with Crippen LogP contribution in [0, 0.1) is 35.4 Å². The molecule has 3 atom stereocenters. The smallest absolute Gasteiger partial charge is 0.303 e. The second-order valence-corrected chi connectivity index (χ2v) is 14.9.